The third-order valence-electron chi connectivity index (χ3n) is 3.31. The smallest absolute Gasteiger partial charge is 0.295 e. The Morgan fingerprint density at radius 3 is 2.60 bits per heavy atom. The maximum absolute atomic E-state index is 11.4. The molecule has 5 nitrogen and oxygen atoms in total. The van der Waals surface area contributed by atoms with Gasteiger partial charge in [-0.15, -0.1) is 0 Å². The van der Waals surface area contributed by atoms with E-state index < -0.39 is 10.1 Å². The SMILES string of the molecule is CC(C)C1=Nc2ccc(S(=O)(=O)O)c3cccc(c23)N1. The second-order valence-corrected chi connectivity index (χ2v) is 6.45. The van der Waals surface area contributed by atoms with Crippen molar-refractivity contribution in [3.63, 3.8) is 0 Å². The number of rotatable bonds is 2. The summed E-state index contributed by atoms with van der Waals surface area (Å²) in [6.07, 6.45) is 0. The number of aliphatic imine (C=N–C) groups is 1. The zero-order chi connectivity index (χ0) is 14.5. The maximum Gasteiger partial charge on any atom is 0.295 e. The molecule has 0 bridgehead atoms. The minimum Gasteiger partial charge on any atom is -0.343 e. The summed E-state index contributed by atoms with van der Waals surface area (Å²) in [5.74, 6) is 1.07. The van der Waals surface area contributed by atoms with Gasteiger partial charge in [-0.1, -0.05) is 26.0 Å². The van der Waals surface area contributed by atoms with Crippen LogP contribution in [-0.4, -0.2) is 18.8 Å². The molecule has 0 aromatic heterocycles. The van der Waals surface area contributed by atoms with Crippen LogP contribution in [0.5, 0.6) is 0 Å². The number of hydrogen-bond acceptors (Lipinski definition) is 4. The summed E-state index contributed by atoms with van der Waals surface area (Å²) in [6, 6.07) is 8.31. The Bertz CT molecular complexity index is 839. The summed E-state index contributed by atoms with van der Waals surface area (Å²) < 4.78 is 32.2. The van der Waals surface area contributed by atoms with Gasteiger partial charge in [-0.05, 0) is 18.2 Å². The van der Waals surface area contributed by atoms with E-state index in [1.807, 2.05) is 19.9 Å². The standard InChI is InChI=1S/C14H14N2O3S/c1-8(2)14-15-10-5-3-4-9-12(20(17,18)19)7-6-11(16-14)13(9)10/h3-8H,1-2H3,(H,15,16)(H,17,18,19). The fourth-order valence-corrected chi connectivity index (χ4v) is 3.04. The molecule has 0 spiro atoms. The average molecular weight is 290 g/mol. The lowest BCUT2D eigenvalue weighted by atomic mass is 10.0. The largest absolute Gasteiger partial charge is 0.343 e. The molecule has 6 heteroatoms. The molecule has 0 aliphatic carbocycles. The summed E-state index contributed by atoms with van der Waals surface area (Å²) in [4.78, 5) is 4.42. The van der Waals surface area contributed by atoms with Crippen LogP contribution < -0.4 is 5.32 Å². The van der Waals surface area contributed by atoms with Crippen molar-refractivity contribution in [3.05, 3.63) is 30.3 Å². The third kappa shape index (κ3) is 1.97. The van der Waals surface area contributed by atoms with Crippen LogP contribution in [0, 0.1) is 5.92 Å². The van der Waals surface area contributed by atoms with E-state index in [1.54, 1.807) is 18.2 Å². The van der Waals surface area contributed by atoms with Gasteiger partial charge in [-0.2, -0.15) is 8.42 Å². The molecule has 2 aromatic rings. The van der Waals surface area contributed by atoms with E-state index in [1.165, 1.54) is 6.07 Å². The molecule has 2 N–H and O–H groups in total. The van der Waals surface area contributed by atoms with Gasteiger partial charge < -0.3 is 5.32 Å². The number of amidine groups is 1. The van der Waals surface area contributed by atoms with Crippen LogP contribution in [0.3, 0.4) is 0 Å². The highest BCUT2D eigenvalue weighted by atomic mass is 32.2. The summed E-state index contributed by atoms with van der Waals surface area (Å²) in [6.45, 7) is 4.06. The first-order valence-electron chi connectivity index (χ1n) is 6.27. The lowest BCUT2D eigenvalue weighted by molar-refractivity contribution is 0.484. The summed E-state index contributed by atoms with van der Waals surface area (Å²) in [5, 5.41) is 4.40. The van der Waals surface area contributed by atoms with Gasteiger partial charge in [0.2, 0.25) is 0 Å². The average Bonchev–Trinajstić information content (AvgIpc) is 2.37. The Balaban J connectivity index is 2.38. The highest BCUT2D eigenvalue weighted by Gasteiger charge is 2.21. The van der Waals surface area contributed by atoms with Crippen molar-refractivity contribution in [2.45, 2.75) is 18.7 Å². The van der Waals surface area contributed by atoms with Crippen molar-refractivity contribution in [1.29, 1.82) is 0 Å². The van der Waals surface area contributed by atoms with E-state index in [0.29, 0.717) is 16.5 Å². The minimum absolute atomic E-state index is 0.0944. The predicted octanol–water partition coefficient (Wildman–Crippen LogP) is 3.20. The molecule has 0 fully saturated rings. The topological polar surface area (TPSA) is 78.8 Å². The fourth-order valence-electron chi connectivity index (χ4n) is 2.35. The van der Waals surface area contributed by atoms with Gasteiger partial charge in [-0.25, -0.2) is 4.99 Å². The molecule has 1 aliphatic heterocycles. The van der Waals surface area contributed by atoms with E-state index in [2.05, 4.69) is 10.3 Å². The Morgan fingerprint density at radius 2 is 1.95 bits per heavy atom. The molecule has 1 aliphatic rings. The highest BCUT2D eigenvalue weighted by molar-refractivity contribution is 7.86. The van der Waals surface area contributed by atoms with Crippen LogP contribution >= 0.6 is 0 Å². The van der Waals surface area contributed by atoms with E-state index in [-0.39, 0.29) is 10.8 Å². The summed E-state index contributed by atoms with van der Waals surface area (Å²) >= 11 is 0. The Hall–Kier alpha value is -1.92. The maximum atomic E-state index is 11.4. The summed E-state index contributed by atoms with van der Waals surface area (Å²) in [5.41, 5.74) is 1.52. The first-order chi connectivity index (χ1) is 9.38. The molecule has 0 unspecified atom stereocenters. The third-order valence-corrected chi connectivity index (χ3v) is 4.22. The van der Waals surface area contributed by atoms with Crippen LogP contribution in [0.1, 0.15) is 13.8 Å². The van der Waals surface area contributed by atoms with Gasteiger partial charge in [0.25, 0.3) is 10.1 Å². The van der Waals surface area contributed by atoms with Crippen molar-refractivity contribution < 1.29 is 13.0 Å². The van der Waals surface area contributed by atoms with Crippen LogP contribution in [0.25, 0.3) is 10.8 Å². The quantitative estimate of drug-likeness (QED) is 0.832. The van der Waals surface area contributed by atoms with Gasteiger partial charge in [0.15, 0.2) is 0 Å². The molecule has 1 heterocycles. The van der Waals surface area contributed by atoms with Crippen LogP contribution in [0.15, 0.2) is 40.2 Å². The molecular weight excluding hydrogens is 276 g/mol. The Morgan fingerprint density at radius 1 is 1.20 bits per heavy atom. The number of benzene rings is 2. The van der Waals surface area contributed by atoms with E-state index >= 15 is 0 Å². The van der Waals surface area contributed by atoms with Crippen molar-refractivity contribution in [3.8, 4) is 0 Å². The highest BCUT2D eigenvalue weighted by Crippen LogP contribution is 2.39. The molecule has 104 valence electrons. The number of hydrogen-bond donors (Lipinski definition) is 2. The van der Waals surface area contributed by atoms with E-state index in [0.717, 1.165) is 11.5 Å². The lowest BCUT2D eigenvalue weighted by Crippen LogP contribution is -2.20. The minimum atomic E-state index is -4.25. The number of nitrogens with one attached hydrogen (secondary N) is 1. The van der Waals surface area contributed by atoms with Crippen molar-refractivity contribution in [2.75, 3.05) is 5.32 Å². The Kier molecular flexibility index (Phi) is 2.81. The van der Waals surface area contributed by atoms with E-state index in [4.69, 9.17) is 0 Å². The molecule has 0 atom stereocenters. The predicted molar refractivity (Wildman–Crippen MR) is 79.3 cm³/mol. The van der Waals surface area contributed by atoms with Crippen molar-refractivity contribution in [1.82, 2.24) is 0 Å². The summed E-state index contributed by atoms with van der Waals surface area (Å²) in [7, 11) is -4.25. The zero-order valence-corrected chi connectivity index (χ0v) is 11.9. The molecule has 0 radical (unpaired) electrons. The van der Waals surface area contributed by atoms with Crippen LogP contribution in [0.2, 0.25) is 0 Å². The normalized spacial score (nSPS) is 14.3. The van der Waals surface area contributed by atoms with Crippen molar-refractivity contribution in [2.24, 2.45) is 10.9 Å². The molecular formula is C14H14N2O3S. The van der Waals surface area contributed by atoms with Crippen LogP contribution in [0.4, 0.5) is 11.4 Å². The monoisotopic (exact) mass is 290 g/mol. The Labute approximate surface area is 117 Å². The fraction of sp³-hybridized carbons (Fsp3) is 0.214. The molecule has 0 saturated carbocycles. The second-order valence-electron chi connectivity index (χ2n) is 5.06. The van der Waals surface area contributed by atoms with Crippen molar-refractivity contribution >= 4 is 38.1 Å². The van der Waals surface area contributed by atoms with Gasteiger partial charge in [0, 0.05) is 22.4 Å². The molecule has 2 aromatic carbocycles. The first-order valence-corrected chi connectivity index (χ1v) is 7.71. The van der Waals surface area contributed by atoms with Gasteiger partial charge in [-0.3, -0.25) is 4.55 Å². The van der Waals surface area contributed by atoms with Crippen LogP contribution in [-0.2, 0) is 10.1 Å². The number of nitrogens with zero attached hydrogens (tertiary/aromatic N) is 1. The van der Waals surface area contributed by atoms with Gasteiger partial charge in [0.1, 0.15) is 10.7 Å². The first kappa shape index (κ1) is 13.1. The van der Waals surface area contributed by atoms with E-state index in [9.17, 15) is 13.0 Å². The molecule has 0 saturated heterocycles. The lowest BCUT2D eigenvalue weighted by Gasteiger charge is -2.21. The zero-order valence-electron chi connectivity index (χ0n) is 11.1. The molecule has 0 amide bonds. The number of anilines is 1. The molecule has 20 heavy (non-hydrogen) atoms. The van der Waals surface area contributed by atoms with Gasteiger partial charge in [0.05, 0.1) is 5.69 Å². The molecule has 3 rings (SSSR count). The second kappa shape index (κ2) is 4.29. The van der Waals surface area contributed by atoms with Gasteiger partial charge >= 0.3 is 0 Å².